The highest BCUT2D eigenvalue weighted by atomic mass is 35.5. The summed E-state index contributed by atoms with van der Waals surface area (Å²) in [6.07, 6.45) is 1.83. The maximum atomic E-state index is 6.36. The number of hydrogen-bond acceptors (Lipinski definition) is 4. The van der Waals surface area contributed by atoms with Crippen LogP contribution in [0.1, 0.15) is 31.0 Å². The first-order valence-electron chi connectivity index (χ1n) is 9.85. The van der Waals surface area contributed by atoms with Crippen molar-refractivity contribution in [2.75, 3.05) is 37.7 Å². The Morgan fingerprint density at radius 1 is 1.28 bits per heavy atom. The predicted octanol–water partition coefficient (Wildman–Crippen LogP) is 4.04. The van der Waals surface area contributed by atoms with Gasteiger partial charge in [0, 0.05) is 41.4 Å². The number of ether oxygens (including phenoxy) is 1. The Balaban J connectivity index is 1.74. The average Bonchev–Trinajstić information content (AvgIpc) is 2.73. The number of anilines is 1. The van der Waals surface area contributed by atoms with Gasteiger partial charge in [-0.1, -0.05) is 35.3 Å². The van der Waals surface area contributed by atoms with Gasteiger partial charge in [-0.05, 0) is 37.6 Å². The lowest BCUT2D eigenvalue weighted by Gasteiger charge is -2.29. The number of aromatic nitrogens is 1. The van der Waals surface area contributed by atoms with Gasteiger partial charge in [0.1, 0.15) is 5.82 Å². The third-order valence-electron chi connectivity index (χ3n) is 4.71. The van der Waals surface area contributed by atoms with E-state index in [1.807, 2.05) is 38.2 Å². The molecule has 156 valence electrons. The number of pyridine rings is 1. The molecule has 1 fully saturated rings. The molecule has 0 aliphatic carbocycles. The van der Waals surface area contributed by atoms with Gasteiger partial charge in [0.25, 0.3) is 0 Å². The van der Waals surface area contributed by atoms with Gasteiger partial charge in [0.15, 0.2) is 5.96 Å². The summed E-state index contributed by atoms with van der Waals surface area (Å²) < 4.78 is 5.46. The lowest BCUT2D eigenvalue weighted by atomic mass is 10.1. The van der Waals surface area contributed by atoms with Crippen LogP contribution in [0.4, 0.5) is 5.82 Å². The van der Waals surface area contributed by atoms with Gasteiger partial charge in [-0.15, -0.1) is 0 Å². The maximum Gasteiger partial charge on any atom is 0.192 e. The number of benzene rings is 1. The molecule has 2 aromatic rings. The number of nitrogens with zero attached hydrogens (tertiary/aromatic N) is 3. The Bertz CT molecular complexity index is 840. The summed E-state index contributed by atoms with van der Waals surface area (Å²) in [4.78, 5) is 11.6. The number of hydrogen-bond donors (Lipinski definition) is 2. The van der Waals surface area contributed by atoms with Gasteiger partial charge in [0.2, 0.25) is 0 Å². The van der Waals surface area contributed by atoms with Crippen molar-refractivity contribution in [2.24, 2.45) is 4.99 Å². The van der Waals surface area contributed by atoms with Gasteiger partial charge in [-0.3, -0.25) is 0 Å². The third kappa shape index (κ3) is 5.98. The average molecular weight is 436 g/mol. The van der Waals surface area contributed by atoms with E-state index in [-0.39, 0.29) is 6.04 Å². The van der Waals surface area contributed by atoms with Crippen molar-refractivity contribution in [2.45, 2.75) is 26.4 Å². The van der Waals surface area contributed by atoms with E-state index in [2.05, 4.69) is 26.6 Å². The molecule has 1 saturated heterocycles. The van der Waals surface area contributed by atoms with Crippen LogP contribution in [-0.4, -0.2) is 43.8 Å². The number of rotatable bonds is 6. The normalized spacial score (nSPS) is 15.9. The Kier molecular flexibility index (Phi) is 7.98. The van der Waals surface area contributed by atoms with Crippen LogP contribution in [0, 0.1) is 0 Å². The molecule has 29 heavy (non-hydrogen) atoms. The summed E-state index contributed by atoms with van der Waals surface area (Å²) in [7, 11) is 0. The summed E-state index contributed by atoms with van der Waals surface area (Å²) >= 11 is 12.4. The standard InChI is InChI=1S/C21H27Cl2N5O/c1-3-24-21(27-15(2)18-7-6-17(22)13-19(18)23)26-14-16-5-4-8-25-20(16)28-9-11-29-12-10-28/h4-8,13,15H,3,9-12,14H2,1-2H3,(H2,24,26,27). The quantitative estimate of drug-likeness (QED) is 0.529. The minimum absolute atomic E-state index is 0.0230. The van der Waals surface area contributed by atoms with Crippen LogP contribution in [0.15, 0.2) is 41.5 Å². The summed E-state index contributed by atoms with van der Waals surface area (Å²) in [5.41, 5.74) is 2.06. The first kappa shape index (κ1) is 21.7. The summed E-state index contributed by atoms with van der Waals surface area (Å²) in [6.45, 7) is 8.51. The number of aliphatic imine (C=N–C) groups is 1. The molecule has 0 amide bonds. The second-order valence-corrected chi connectivity index (χ2v) is 7.66. The molecule has 1 atom stereocenters. The van der Waals surface area contributed by atoms with E-state index in [0.29, 0.717) is 16.6 Å². The molecule has 1 aliphatic heterocycles. The summed E-state index contributed by atoms with van der Waals surface area (Å²) in [5.74, 6) is 1.70. The van der Waals surface area contributed by atoms with Crippen LogP contribution in [0.3, 0.4) is 0 Å². The van der Waals surface area contributed by atoms with Gasteiger partial charge >= 0.3 is 0 Å². The summed E-state index contributed by atoms with van der Waals surface area (Å²) in [6, 6.07) is 9.53. The fourth-order valence-corrected chi connectivity index (χ4v) is 3.81. The Morgan fingerprint density at radius 3 is 2.79 bits per heavy atom. The van der Waals surface area contributed by atoms with Crippen LogP contribution >= 0.6 is 23.2 Å². The van der Waals surface area contributed by atoms with Crippen molar-refractivity contribution >= 4 is 35.0 Å². The monoisotopic (exact) mass is 435 g/mol. The summed E-state index contributed by atoms with van der Waals surface area (Å²) in [5, 5.41) is 7.98. The highest BCUT2D eigenvalue weighted by Gasteiger charge is 2.16. The van der Waals surface area contributed by atoms with Crippen LogP contribution in [0.25, 0.3) is 0 Å². The van der Waals surface area contributed by atoms with Crippen molar-refractivity contribution in [3.63, 3.8) is 0 Å². The highest BCUT2D eigenvalue weighted by molar-refractivity contribution is 6.35. The molecular formula is C21H27Cl2N5O. The minimum atomic E-state index is -0.0230. The predicted molar refractivity (Wildman–Crippen MR) is 120 cm³/mol. The van der Waals surface area contributed by atoms with E-state index in [4.69, 9.17) is 32.9 Å². The van der Waals surface area contributed by atoms with Crippen molar-refractivity contribution < 1.29 is 4.74 Å². The zero-order chi connectivity index (χ0) is 20.6. The molecule has 2 N–H and O–H groups in total. The van der Waals surface area contributed by atoms with E-state index >= 15 is 0 Å². The van der Waals surface area contributed by atoms with Gasteiger partial charge in [0.05, 0.1) is 25.8 Å². The smallest absolute Gasteiger partial charge is 0.192 e. The topological polar surface area (TPSA) is 61.8 Å². The molecule has 1 aromatic heterocycles. The molecule has 1 aromatic carbocycles. The number of guanidine groups is 1. The Hall–Kier alpha value is -2.02. The minimum Gasteiger partial charge on any atom is -0.378 e. The van der Waals surface area contributed by atoms with E-state index in [9.17, 15) is 0 Å². The molecule has 0 spiro atoms. The number of halogens is 2. The van der Waals surface area contributed by atoms with Gasteiger partial charge in [-0.25, -0.2) is 9.98 Å². The van der Waals surface area contributed by atoms with Crippen LogP contribution in [-0.2, 0) is 11.3 Å². The maximum absolute atomic E-state index is 6.36. The molecule has 6 nitrogen and oxygen atoms in total. The largest absolute Gasteiger partial charge is 0.378 e. The number of nitrogens with one attached hydrogen (secondary N) is 2. The third-order valence-corrected chi connectivity index (χ3v) is 5.27. The zero-order valence-corrected chi connectivity index (χ0v) is 18.3. The molecule has 0 bridgehead atoms. The lowest BCUT2D eigenvalue weighted by Crippen LogP contribution is -2.39. The Morgan fingerprint density at radius 2 is 2.07 bits per heavy atom. The first-order valence-corrected chi connectivity index (χ1v) is 10.6. The van der Waals surface area contributed by atoms with Crippen LogP contribution in [0.2, 0.25) is 10.0 Å². The molecule has 8 heteroatoms. The van der Waals surface area contributed by atoms with Crippen LogP contribution < -0.4 is 15.5 Å². The van der Waals surface area contributed by atoms with Gasteiger partial charge in [-0.2, -0.15) is 0 Å². The van der Waals surface area contributed by atoms with Crippen LogP contribution in [0.5, 0.6) is 0 Å². The molecule has 2 heterocycles. The second-order valence-electron chi connectivity index (χ2n) is 6.81. The first-order chi connectivity index (χ1) is 14.1. The molecule has 1 unspecified atom stereocenters. The van der Waals surface area contributed by atoms with E-state index in [1.54, 1.807) is 6.07 Å². The van der Waals surface area contributed by atoms with Crippen molar-refractivity contribution in [1.29, 1.82) is 0 Å². The molecule has 0 radical (unpaired) electrons. The zero-order valence-electron chi connectivity index (χ0n) is 16.8. The van der Waals surface area contributed by atoms with E-state index < -0.39 is 0 Å². The van der Waals surface area contributed by atoms with Crippen molar-refractivity contribution in [3.05, 3.63) is 57.7 Å². The van der Waals surface area contributed by atoms with Gasteiger partial charge < -0.3 is 20.3 Å². The van der Waals surface area contributed by atoms with E-state index in [1.165, 1.54) is 0 Å². The van der Waals surface area contributed by atoms with Crippen molar-refractivity contribution in [1.82, 2.24) is 15.6 Å². The lowest BCUT2D eigenvalue weighted by molar-refractivity contribution is 0.122. The SMILES string of the molecule is CCNC(=NCc1cccnc1N1CCOCC1)NC(C)c1ccc(Cl)cc1Cl. The molecule has 3 rings (SSSR count). The Labute approximate surface area is 182 Å². The van der Waals surface area contributed by atoms with E-state index in [0.717, 1.165) is 55.8 Å². The molecular weight excluding hydrogens is 409 g/mol. The molecule has 1 aliphatic rings. The van der Waals surface area contributed by atoms with Crippen molar-refractivity contribution in [3.8, 4) is 0 Å². The second kappa shape index (κ2) is 10.7. The number of morpholine rings is 1. The highest BCUT2D eigenvalue weighted by Crippen LogP contribution is 2.26. The fraction of sp³-hybridized carbons (Fsp3) is 0.429. The fourth-order valence-electron chi connectivity index (χ4n) is 3.23. The molecule has 0 saturated carbocycles.